The van der Waals surface area contributed by atoms with Crippen molar-refractivity contribution in [1.29, 1.82) is 0 Å². The van der Waals surface area contributed by atoms with Crippen molar-refractivity contribution in [3.8, 4) is 5.75 Å². The van der Waals surface area contributed by atoms with E-state index in [1.165, 1.54) is 12.1 Å². The molecule has 1 aromatic rings. The first-order valence-electron chi connectivity index (χ1n) is 5.80. The number of hydrogen-bond donors (Lipinski definition) is 2. The van der Waals surface area contributed by atoms with Crippen LogP contribution >= 0.6 is 12.2 Å². The molecule has 1 amide bonds. The maximum Gasteiger partial charge on any atom is 0.254 e. The molecule has 0 heterocycles. The van der Waals surface area contributed by atoms with Crippen LogP contribution in [0.5, 0.6) is 5.75 Å². The largest absolute Gasteiger partial charge is 0.508 e. The average Bonchev–Trinajstić information content (AvgIpc) is 2.28. The Balaban J connectivity index is 2.85. The molecule has 1 rings (SSSR count). The lowest BCUT2D eigenvalue weighted by molar-refractivity contribution is 0.0711. The lowest BCUT2D eigenvalue weighted by atomic mass is 10.1. The van der Waals surface area contributed by atoms with Crippen molar-refractivity contribution in [2.75, 3.05) is 6.54 Å². The summed E-state index contributed by atoms with van der Waals surface area (Å²) in [5.41, 5.74) is 5.92. The molecule has 0 unspecified atom stereocenters. The van der Waals surface area contributed by atoms with Crippen LogP contribution in [-0.2, 0) is 0 Å². The molecule has 4 nitrogen and oxygen atoms in total. The number of rotatable bonds is 5. The van der Waals surface area contributed by atoms with Crippen molar-refractivity contribution in [1.82, 2.24) is 4.90 Å². The molecule has 0 spiro atoms. The molecule has 3 N–H and O–H groups in total. The Hall–Kier alpha value is -1.62. The number of aromatic hydroxyl groups is 1. The van der Waals surface area contributed by atoms with E-state index in [0.29, 0.717) is 23.5 Å². The Labute approximate surface area is 112 Å². The standard InChI is InChI=1S/C13H18N2O2S/c1-9(2)15(7-6-12(14)18)13(17)10-4-3-5-11(16)8-10/h3-5,8-9,16H,6-7H2,1-2H3,(H2,14,18). The lowest BCUT2D eigenvalue weighted by Gasteiger charge is -2.26. The minimum absolute atomic E-state index is 0.0502. The lowest BCUT2D eigenvalue weighted by Crippen LogP contribution is -2.38. The summed E-state index contributed by atoms with van der Waals surface area (Å²) in [6.07, 6.45) is 0.498. The quantitative estimate of drug-likeness (QED) is 0.799. The number of amides is 1. The predicted octanol–water partition coefficient (Wildman–Crippen LogP) is 1.92. The third kappa shape index (κ3) is 4.00. The fourth-order valence-electron chi connectivity index (χ4n) is 1.63. The number of carbonyl (C=O) groups is 1. The van der Waals surface area contributed by atoms with Crippen molar-refractivity contribution in [2.45, 2.75) is 26.3 Å². The van der Waals surface area contributed by atoms with Gasteiger partial charge in [0.05, 0.1) is 4.99 Å². The molecule has 98 valence electrons. The van der Waals surface area contributed by atoms with Crippen LogP contribution in [0.15, 0.2) is 24.3 Å². The van der Waals surface area contributed by atoms with Gasteiger partial charge in [0.1, 0.15) is 5.75 Å². The maximum absolute atomic E-state index is 12.3. The summed E-state index contributed by atoms with van der Waals surface area (Å²) in [7, 11) is 0. The molecule has 0 atom stereocenters. The number of phenolic OH excluding ortho intramolecular Hbond substituents is 1. The van der Waals surface area contributed by atoms with Crippen molar-refractivity contribution in [3.05, 3.63) is 29.8 Å². The zero-order valence-corrected chi connectivity index (χ0v) is 11.4. The Morgan fingerprint density at radius 1 is 1.50 bits per heavy atom. The highest BCUT2D eigenvalue weighted by Gasteiger charge is 2.18. The molecule has 0 saturated carbocycles. The molecule has 0 fully saturated rings. The van der Waals surface area contributed by atoms with Crippen LogP contribution in [0, 0.1) is 0 Å². The van der Waals surface area contributed by atoms with E-state index in [9.17, 15) is 9.90 Å². The highest BCUT2D eigenvalue weighted by molar-refractivity contribution is 7.80. The van der Waals surface area contributed by atoms with Crippen molar-refractivity contribution >= 4 is 23.1 Å². The second kappa shape index (κ2) is 6.35. The van der Waals surface area contributed by atoms with Crippen LogP contribution in [0.2, 0.25) is 0 Å². The molecule has 0 saturated heterocycles. The topological polar surface area (TPSA) is 66.6 Å². The third-order valence-electron chi connectivity index (χ3n) is 2.58. The maximum atomic E-state index is 12.3. The third-order valence-corrected chi connectivity index (χ3v) is 2.78. The van der Waals surface area contributed by atoms with Crippen molar-refractivity contribution in [2.24, 2.45) is 5.73 Å². The molecule has 0 aliphatic rings. The Morgan fingerprint density at radius 2 is 2.17 bits per heavy atom. The van der Waals surface area contributed by atoms with E-state index < -0.39 is 0 Å². The van der Waals surface area contributed by atoms with E-state index in [1.54, 1.807) is 17.0 Å². The molecular weight excluding hydrogens is 248 g/mol. The summed E-state index contributed by atoms with van der Waals surface area (Å²) in [5, 5.41) is 9.39. The van der Waals surface area contributed by atoms with Gasteiger partial charge >= 0.3 is 0 Å². The van der Waals surface area contributed by atoms with Gasteiger partial charge in [0.2, 0.25) is 0 Å². The summed E-state index contributed by atoms with van der Waals surface area (Å²) in [6, 6.07) is 6.37. The summed E-state index contributed by atoms with van der Waals surface area (Å²) >= 11 is 4.82. The molecule has 1 aromatic carbocycles. The number of hydrogen-bond acceptors (Lipinski definition) is 3. The van der Waals surface area contributed by atoms with Gasteiger partial charge in [-0.05, 0) is 32.0 Å². The van der Waals surface area contributed by atoms with Crippen LogP contribution in [0.25, 0.3) is 0 Å². The van der Waals surface area contributed by atoms with Gasteiger partial charge in [-0.3, -0.25) is 4.79 Å². The Bertz CT molecular complexity index is 446. The normalized spacial score (nSPS) is 10.4. The predicted molar refractivity (Wildman–Crippen MR) is 75.7 cm³/mol. The fraction of sp³-hybridized carbons (Fsp3) is 0.385. The second-order valence-corrected chi connectivity index (χ2v) is 4.88. The zero-order valence-electron chi connectivity index (χ0n) is 10.6. The minimum atomic E-state index is -0.128. The number of nitrogens with zero attached hydrogens (tertiary/aromatic N) is 1. The molecule has 0 aromatic heterocycles. The number of carbonyl (C=O) groups excluding carboxylic acids is 1. The number of thiocarbonyl (C=S) groups is 1. The summed E-state index contributed by atoms with van der Waals surface area (Å²) in [4.78, 5) is 14.4. The van der Waals surface area contributed by atoms with Gasteiger partial charge in [0, 0.05) is 24.6 Å². The highest BCUT2D eigenvalue weighted by atomic mass is 32.1. The van der Waals surface area contributed by atoms with E-state index in [-0.39, 0.29) is 17.7 Å². The molecular formula is C13H18N2O2S. The average molecular weight is 266 g/mol. The Kier molecular flexibility index (Phi) is 5.09. The smallest absolute Gasteiger partial charge is 0.254 e. The van der Waals surface area contributed by atoms with Gasteiger partial charge in [-0.25, -0.2) is 0 Å². The summed E-state index contributed by atoms with van der Waals surface area (Å²) in [5.74, 6) is -0.0453. The molecule has 0 aliphatic heterocycles. The van der Waals surface area contributed by atoms with Crippen LogP contribution < -0.4 is 5.73 Å². The van der Waals surface area contributed by atoms with Crippen LogP contribution in [0.3, 0.4) is 0 Å². The molecule has 0 bridgehead atoms. The molecule has 18 heavy (non-hydrogen) atoms. The Morgan fingerprint density at radius 3 is 2.67 bits per heavy atom. The monoisotopic (exact) mass is 266 g/mol. The van der Waals surface area contributed by atoms with Crippen LogP contribution in [0.1, 0.15) is 30.6 Å². The number of phenols is 1. The minimum Gasteiger partial charge on any atom is -0.508 e. The molecule has 5 heteroatoms. The van der Waals surface area contributed by atoms with E-state index in [2.05, 4.69) is 0 Å². The van der Waals surface area contributed by atoms with Gasteiger partial charge in [-0.2, -0.15) is 0 Å². The van der Waals surface area contributed by atoms with Crippen molar-refractivity contribution in [3.63, 3.8) is 0 Å². The second-order valence-electron chi connectivity index (χ2n) is 4.36. The van der Waals surface area contributed by atoms with Crippen LogP contribution in [-0.4, -0.2) is 33.5 Å². The number of nitrogens with two attached hydrogens (primary N) is 1. The van der Waals surface area contributed by atoms with Gasteiger partial charge in [-0.1, -0.05) is 18.3 Å². The van der Waals surface area contributed by atoms with Crippen LogP contribution in [0.4, 0.5) is 0 Å². The van der Waals surface area contributed by atoms with E-state index in [1.807, 2.05) is 13.8 Å². The summed E-state index contributed by atoms with van der Waals surface area (Å²) < 4.78 is 0. The van der Waals surface area contributed by atoms with Gasteiger partial charge in [0.25, 0.3) is 5.91 Å². The summed E-state index contributed by atoms with van der Waals surface area (Å²) in [6.45, 7) is 4.35. The van der Waals surface area contributed by atoms with Gasteiger partial charge in [-0.15, -0.1) is 0 Å². The van der Waals surface area contributed by atoms with E-state index in [0.717, 1.165) is 0 Å². The fourth-order valence-corrected chi connectivity index (χ4v) is 1.72. The molecule has 0 aliphatic carbocycles. The first-order valence-corrected chi connectivity index (χ1v) is 6.21. The molecule has 0 radical (unpaired) electrons. The van der Waals surface area contributed by atoms with E-state index in [4.69, 9.17) is 18.0 Å². The van der Waals surface area contributed by atoms with Gasteiger partial charge < -0.3 is 15.7 Å². The first-order chi connectivity index (χ1) is 8.41. The SMILES string of the molecule is CC(C)N(CCC(N)=S)C(=O)c1cccc(O)c1. The first kappa shape index (κ1) is 14.4. The van der Waals surface area contributed by atoms with Gasteiger partial charge in [0.15, 0.2) is 0 Å². The zero-order chi connectivity index (χ0) is 13.7. The number of benzene rings is 1. The van der Waals surface area contributed by atoms with E-state index >= 15 is 0 Å². The van der Waals surface area contributed by atoms with Crippen molar-refractivity contribution < 1.29 is 9.90 Å². The highest BCUT2D eigenvalue weighted by Crippen LogP contribution is 2.14.